The molecule has 3 aromatic rings. The van der Waals surface area contributed by atoms with E-state index in [-0.39, 0.29) is 0 Å². The lowest BCUT2D eigenvalue weighted by Gasteiger charge is -2.08. The van der Waals surface area contributed by atoms with Crippen LogP contribution in [-0.2, 0) is 0 Å². The van der Waals surface area contributed by atoms with Crippen LogP contribution in [0.2, 0.25) is 5.02 Å². The second-order valence-corrected chi connectivity index (χ2v) is 4.72. The molecule has 0 amide bonds. The Hall–Kier alpha value is -2.27. The predicted molar refractivity (Wildman–Crippen MR) is 79.0 cm³/mol. The first-order valence-corrected chi connectivity index (χ1v) is 6.60. The molecule has 20 heavy (non-hydrogen) atoms. The summed E-state index contributed by atoms with van der Waals surface area (Å²) in [6.45, 7) is 2.48. The van der Waals surface area contributed by atoms with Gasteiger partial charge < -0.3 is 10.5 Å². The van der Waals surface area contributed by atoms with Gasteiger partial charge in [-0.15, -0.1) is 10.2 Å². The molecule has 0 bridgehead atoms. The molecule has 1 aromatic carbocycles. The number of benzene rings is 1. The summed E-state index contributed by atoms with van der Waals surface area (Å²) >= 11 is 5.94. The third-order valence-corrected chi connectivity index (χ3v) is 3.18. The minimum absolute atomic E-state index is 0.559. The van der Waals surface area contributed by atoms with E-state index in [1.54, 1.807) is 18.2 Å². The van der Waals surface area contributed by atoms with Gasteiger partial charge in [-0.1, -0.05) is 11.6 Å². The second-order valence-electron chi connectivity index (χ2n) is 4.28. The van der Waals surface area contributed by atoms with Gasteiger partial charge in [0.15, 0.2) is 11.5 Å². The van der Waals surface area contributed by atoms with E-state index in [1.165, 1.54) is 0 Å². The lowest BCUT2D eigenvalue weighted by Crippen LogP contribution is -1.98. The van der Waals surface area contributed by atoms with Gasteiger partial charge in [0.05, 0.1) is 12.3 Å². The van der Waals surface area contributed by atoms with Crippen LogP contribution in [0.5, 0.6) is 5.75 Å². The molecule has 2 heterocycles. The number of ether oxygens (including phenoxy) is 1. The van der Waals surface area contributed by atoms with Crippen molar-refractivity contribution in [2.45, 2.75) is 6.92 Å². The number of nitrogens with zero attached hydrogens (tertiary/aromatic N) is 3. The number of rotatable bonds is 3. The Bertz CT molecular complexity index is 769. The molecule has 0 fully saturated rings. The van der Waals surface area contributed by atoms with Crippen molar-refractivity contribution in [2.24, 2.45) is 0 Å². The van der Waals surface area contributed by atoms with Crippen molar-refractivity contribution >= 4 is 22.9 Å². The van der Waals surface area contributed by atoms with E-state index >= 15 is 0 Å². The van der Waals surface area contributed by atoms with Crippen LogP contribution in [0.15, 0.2) is 36.5 Å². The Kier molecular flexibility index (Phi) is 3.20. The maximum Gasteiger partial charge on any atom is 0.168 e. The zero-order valence-electron chi connectivity index (χ0n) is 10.9. The maximum absolute atomic E-state index is 5.94. The molecule has 102 valence electrons. The van der Waals surface area contributed by atoms with E-state index in [0.717, 1.165) is 11.4 Å². The highest BCUT2D eigenvalue weighted by atomic mass is 35.5. The molecule has 3 rings (SSSR count). The van der Waals surface area contributed by atoms with Crippen LogP contribution in [0, 0.1) is 0 Å². The molecule has 6 heteroatoms. The van der Waals surface area contributed by atoms with Crippen LogP contribution in [-0.4, -0.2) is 21.2 Å². The lowest BCUT2D eigenvalue weighted by atomic mass is 10.2. The highest BCUT2D eigenvalue weighted by molar-refractivity contribution is 6.30. The fourth-order valence-electron chi connectivity index (χ4n) is 2.02. The van der Waals surface area contributed by atoms with Crippen molar-refractivity contribution in [2.75, 3.05) is 12.3 Å². The molecule has 0 spiro atoms. The Morgan fingerprint density at radius 2 is 2.10 bits per heavy atom. The number of halogens is 1. The Labute approximate surface area is 121 Å². The first-order valence-electron chi connectivity index (χ1n) is 6.22. The minimum Gasteiger partial charge on any atom is -0.492 e. The van der Waals surface area contributed by atoms with Crippen LogP contribution in [0.4, 0.5) is 5.69 Å². The summed E-state index contributed by atoms with van der Waals surface area (Å²) in [7, 11) is 0. The summed E-state index contributed by atoms with van der Waals surface area (Å²) in [5.74, 6) is 1.37. The monoisotopic (exact) mass is 288 g/mol. The molecule has 0 aliphatic carbocycles. The number of nitrogens with two attached hydrogens (primary N) is 1. The fraction of sp³-hybridized carbons (Fsp3) is 0.143. The van der Waals surface area contributed by atoms with Gasteiger partial charge >= 0.3 is 0 Å². The molecule has 0 saturated heterocycles. The summed E-state index contributed by atoms with van der Waals surface area (Å²) in [5, 5.41) is 8.93. The quantitative estimate of drug-likeness (QED) is 0.752. The van der Waals surface area contributed by atoms with Gasteiger partial charge in [0.2, 0.25) is 0 Å². The van der Waals surface area contributed by atoms with E-state index in [1.807, 2.05) is 29.7 Å². The van der Waals surface area contributed by atoms with Gasteiger partial charge in [-0.25, -0.2) is 0 Å². The average Bonchev–Trinajstić information content (AvgIpc) is 2.84. The standard InChI is InChI=1S/C14H13ClN4O/c1-2-20-12-7-9(3-4-11(12)16)14-18-17-13-8-10(15)5-6-19(13)14/h3-8H,2,16H2,1H3. The molecule has 0 unspecified atom stereocenters. The average molecular weight is 289 g/mol. The van der Waals surface area contributed by atoms with Crippen molar-refractivity contribution in [3.8, 4) is 17.1 Å². The van der Waals surface area contributed by atoms with E-state index in [0.29, 0.717) is 28.7 Å². The zero-order chi connectivity index (χ0) is 14.1. The Balaban J connectivity index is 2.13. The molecule has 0 atom stereocenters. The van der Waals surface area contributed by atoms with Crippen LogP contribution in [0.3, 0.4) is 0 Å². The van der Waals surface area contributed by atoms with Gasteiger partial charge in [-0.3, -0.25) is 4.40 Å². The molecule has 2 N–H and O–H groups in total. The number of fused-ring (bicyclic) bond motifs is 1. The maximum atomic E-state index is 5.94. The number of nitrogen functional groups attached to an aromatic ring is 1. The SMILES string of the molecule is CCOc1cc(-c2nnc3cc(Cl)ccn23)ccc1N. The van der Waals surface area contributed by atoms with Crippen LogP contribution < -0.4 is 10.5 Å². The van der Waals surface area contributed by atoms with Crippen LogP contribution in [0.1, 0.15) is 6.92 Å². The van der Waals surface area contributed by atoms with Gasteiger partial charge in [-0.05, 0) is 31.2 Å². The third-order valence-electron chi connectivity index (χ3n) is 2.94. The highest BCUT2D eigenvalue weighted by Crippen LogP contribution is 2.28. The van der Waals surface area contributed by atoms with Crippen molar-refractivity contribution in [3.63, 3.8) is 0 Å². The molecule has 5 nitrogen and oxygen atoms in total. The normalized spacial score (nSPS) is 10.9. The van der Waals surface area contributed by atoms with Crippen LogP contribution >= 0.6 is 11.6 Å². The topological polar surface area (TPSA) is 65.4 Å². The predicted octanol–water partition coefficient (Wildman–Crippen LogP) is 3.03. The van der Waals surface area contributed by atoms with E-state index in [4.69, 9.17) is 22.1 Å². The second kappa shape index (κ2) is 5.02. The number of aromatic nitrogens is 3. The van der Waals surface area contributed by atoms with Crippen LogP contribution in [0.25, 0.3) is 17.0 Å². The highest BCUT2D eigenvalue weighted by Gasteiger charge is 2.10. The third kappa shape index (κ3) is 2.16. The molecule has 0 aliphatic heterocycles. The lowest BCUT2D eigenvalue weighted by molar-refractivity contribution is 0.342. The molecule has 0 aliphatic rings. The van der Waals surface area contributed by atoms with Gasteiger partial charge in [0.25, 0.3) is 0 Å². The smallest absolute Gasteiger partial charge is 0.168 e. The Morgan fingerprint density at radius 1 is 1.25 bits per heavy atom. The zero-order valence-corrected chi connectivity index (χ0v) is 11.6. The van der Waals surface area contributed by atoms with Crippen molar-refractivity contribution in [3.05, 3.63) is 41.6 Å². The Morgan fingerprint density at radius 3 is 2.90 bits per heavy atom. The first-order chi connectivity index (χ1) is 9.69. The molecule has 0 radical (unpaired) electrons. The summed E-state index contributed by atoms with van der Waals surface area (Å²) in [6, 6.07) is 9.12. The molecule has 2 aromatic heterocycles. The van der Waals surface area contributed by atoms with Gasteiger partial charge in [0.1, 0.15) is 5.75 Å². The van der Waals surface area contributed by atoms with Crippen molar-refractivity contribution in [1.29, 1.82) is 0 Å². The van der Waals surface area contributed by atoms with E-state index in [9.17, 15) is 0 Å². The first kappa shape index (κ1) is 12.7. The summed E-state index contributed by atoms with van der Waals surface area (Å²) < 4.78 is 7.37. The van der Waals surface area contributed by atoms with Crippen molar-refractivity contribution in [1.82, 2.24) is 14.6 Å². The molecule has 0 saturated carbocycles. The largest absolute Gasteiger partial charge is 0.492 e. The fourth-order valence-corrected chi connectivity index (χ4v) is 2.17. The van der Waals surface area contributed by atoms with Crippen molar-refractivity contribution < 1.29 is 4.74 Å². The van der Waals surface area contributed by atoms with E-state index < -0.39 is 0 Å². The molecular formula is C14H13ClN4O. The summed E-state index contributed by atoms with van der Waals surface area (Å²) in [4.78, 5) is 0. The molecular weight excluding hydrogens is 276 g/mol. The van der Waals surface area contributed by atoms with Gasteiger partial charge in [0, 0.05) is 22.8 Å². The number of hydrogen-bond donors (Lipinski definition) is 1. The van der Waals surface area contributed by atoms with E-state index in [2.05, 4.69) is 10.2 Å². The van der Waals surface area contributed by atoms with Gasteiger partial charge in [-0.2, -0.15) is 0 Å². The number of anilines is 1. The number of pyridine rings is 1. The summed E-state index contributed by atoms with van der Waals surface area (Å²) in [5.41, 5.74) is 8.06. The number of hydrogen-bond acceptors (Lipinski definition) is 4. The summed E-state index contributed by atoms with van der Waals surface area (Å²) in [6.07, 6.45) is 1.84. The minimum atomic E-state index is 0.559.